The summed E-state index contributed by atoms with van der Waals surface area (Å²) in [4.78, 5) is 39.0. The predicted molar refractivity (Wildman–Crippen MR) is 106 cm³/mol. The number of hydrogen-bond donors (Lipinski definition) is 1. The molecule has 2 heterocycles. The third kappa shape index (κ3) is 3.38. The van der Waals surface area contributed by atoms with Gasteiger partial charge in [-0.1, -0.05) is 31.4 Å². The van der Waals surface area contributed by atoms with Gasteiger partial charge in [-0.25, -0.2) is 4.79 Å². The fraction of sp³-hybridized carbons (Fsp3) is 0.318. The Morgan fingerprint density at radius 1 is 1.04 bits per heavy atom. The molecule has 1 aromatic carbocycles. The monoisotopic (exact) mass is 377 g/mol. The second-order valence-electron chi connectivity index (χ2n) is 7.43. The normalized spacial score (nSPS) is 20.0. The first-order valence-corrected chi connectivity index (χ1v) is 9.69. The molecule has 2 aliphatic rings. The number of amides is 4. The maximum atomic E-state index is 13.0. The summed E-state index contributed by atoms with van der Waals surface area (Å²) in [5.74, 6) is -1.14. The summed E-state index contributed by atoms with van der Waals surface area (Å²) < 4.78 is 1.92. The van der Waals surface area contributed by atoms with E-state index in [1.165, 1.54) is 4.90 Å². The Morgan fingerprint density at radius 3 is 2.57 bits per heavy atom. The number of urea groups is 1. The van der Waals surface area contributed by atoms with Crippen molar-refractivity contribution in [2.45, 2.75) is 45.1 Å². The van der Waals surface area contributed by atoms with E-state index in [0.717, 1.165) is 43.4 Å². The molecule has 0 spiro atoms. The molecular weight excluding hydrogens is 354 g/mol. The number of nitrogens with one attached hydrogen (secondary N) is 1. The first-order chi connectivity index (χ1) is 13.5. The maximum Gasteiger partial charge on any atom is 0.331 e. The summed E-state index contributed by atoms with van der Waals surface area (Å²) >= 11 is 0. The van der Waals surface area contributed by atoms with Crippen LogP contribution >= 0.6 is 0 Å². The minimum atomic E-state index is -0.640. The van der Waals surface area contributed by atoms with Gasteiger partial charge in [0.15, 0.2) is 0 Å². The lowest BCUT2D eigenvalue weighted by atomic mass is 9.93. The zero-order chi connectivity index (χ0) is 19.7. The highest BCUT2D eigenvalue weighted by molar-refractivity contribution is 6.31. The fourth-order valence-electron chi connectivity index (χ4n) is 4.01. The molecule has 4 rings (SSSR count). The van der Waals surface area contributed by atoms with Crippen LogP contribution in [-0.4, -0.2) is 33.4 Å². The average Bonchev–Trinajstić information content (AvgIpc) is 3.14. The Balaban J connectivity index is 1.69. The van der Waals surface area contributed by atoms with Gasteiger partial charge >= 0.3 is 6.03 Å². The van der Waals surface area contributed by atoms with E-state index in [9.17, 15) is 14.4 Å². The molecule has 0 atom stereocenters. The van der Waals surface area contributed by atoms with Crippen LogP contribution in [0.4, 0.5) is 4.79 Å². The van der Waals surface area contributed by atoms with E-state index in [1.54, 1.807) is 6.08 Å². The Hall–Kier alpha value is -3.15. The van der Waals surface area contributed by atoms with Gasteiger partial charge in [0.05, 0.1) is 0 Å². The number of hydrogen-bond acceptors (Lipinski definition) is 3. The second kappa shape index (κ2) is 7.46. The highest BCUT2D eigenvalue weighted by atomic mass is 16.2. The number of carbonyl (C=O) groups is 3. The number of carbonyl (C=O) groups excluding carboxylic acids is 3. The zero-order valence-corrected chi connectivity index (χ0v) is 15.9. The lowest BCUT2D eigenvalue weighted by Crippen LogP contribution is -2.58. The van der Waals surface area contributed by atoms with Gasteiger partial charge in [-0.05, 0) is 55.7 Å². The molecule has 1 aliphatic carbocycles. The van der Waals surface area contributed by atoms with Gasteiger partial charge in [0, 0.05) is 23.6 Å². The quantitative estimate of drug-likeness (QED) is 0.656. The largest absolute Gasteiger partial charge is 0.331 e. The van der Waals surface area contributed by atoms with Crippen LogP contribution in [0.1, 0.15) is 43.4 Å². The molecule has 1 saturated carbocycles. The lowest BCUT2D eigenvalue weighted by molar-refractivity contribution is -0.132. The van der Waals surface area contributed by atoms with Crippen LogP contribution in [0.3, 0.4) is 0 Å². The average molecular weight is 377 g/mol. The van der Waals surface area contributed by atoms with Crippen molar-refractivity contribution in [3.05, 3.63) is 59.4 Å². The lowest BCUT2D eigenvalue weighted by Gasteiger charge is -2.35. The molecule has 1 saturated heterocycles. The Kier molecular flexibility index (Phi) is 4.86. The maximum absolute atomic E-state index is 13.0. The van der Waals surface area contributed by atoms with Crippen LogP contribution in [-0.2, 0) is 9.59 Å². The van der Waals surface area contributed by atoms with Crippen LogP contribution in [0.15, 0.2) is 48.2 Å². The van der Waals surface area contributed by atoms with Crippen molar-refractivity contribution in [3.63, 3.8) is 0 Å². The van der Waals surface area contributed by atoms with Crippen LogP contribution in [0, 0.1) is 6.92 Å². The number of benzene rings is 1. The van der Waals surface area contributed by atoms with Crippen molar-refractivity contribution in [1.82, 2.24) is 14.8 Å². The molecule has 6 nitrogen and oxygen atoms in total. The molecule has 28 heavy (non-hydrogen) atoms. The summed E-state index contributed by atoms with van der Waals surface area (Å²) in [6, 6.07) is 10.9. The smallest absolute Gasteiger partial charge is 0.317 e. The summed E-state index contributed by atoms with van der Waals surface area (Å²) in [5, 5.41) is 2.34. The highest BCUT2D eigenvalue weighted by Crippen LogP contribution is 2.26. The molecule has 0 radical (unpaired) electrons. The molecule has 144 valence electrons. The van der Waals surface area contributed by atoms with Gasteiger partial charge in [0.25, 0.3) is 11.8 Å². The molecule has 0 bridgehead atoms. The summed E-state index contributed by atoms with van der Waals surface area (Å²) in [5.41, 5.74) is 2.77. The predicted octanol–water partition coefficient (Wildman–Crippen LogP) is 3.58. The molecule has 2 aromatic rings. The van der Waals surface area contributed by atoms with Gasteiger partial charge in [-0.3, -0.25) is 19.8 Å². The number of nitrogens with zero attached hydrogens (tertiary/aromatic N) is 2. The number of aromatic nitrogens is 1. The zero-order valence-electron chi connectivity index (χ0n) is 15.9. The van der Waals surface area contributed by atoms with Gasteiger partial charge in [-0.2, -0.15) is 0 Å². The van der Waals surface area contributed by atoms with E-state index in [2.05, 4.69) is 5.32 Å². The first-order valence-electron chi connectivity index (χ1n) is 9.69. The Bertz CT molecular complexity index is 967. The number of aryl methyl sites for hydroxylation is 1. The van der Waals surface area contributed by atoms with Crippen molar-refractivity contribution in [1.29, 1.82) is 0 Å². The molecule has 6 heteroatoms. The standard InChI is InChI=1S/C22H23N3O3/c1-15-7-5-10-17(13-15)24-12-6-11-18(24)14-19-20(26)23-22(28)25(21(19)27)16-8-3-2-4-9-16/h5-7,10-14,16H,2-4,8-9H2,1H3,(H,23,26,28)/b19-14+. The first kappa shape index (κ1) is 18.2. The van der Waals surface area contributed by atoms with Crippen LogP contribution in [0.25, 0.3) is 11.8 Å². The Labute approximate surface area is 163 Å². The van der Waals surface area contributed by atoms with Crippen molar-refractivity contribution in [2.24, 2.45) is 0 Å². The van der Waals surface area contributed by atoms with Crippen molar-refractivity contribution < 1.29 is 14.4 Å². The molecule has 4 amide bonds. The van der Waals surface area contributed by atoms with Gasteiger partial charge < -0.3 is 4.57 Å². The van der Waals surface area contributed by atoms with Crippen LogP contribution in [0.2, 0.25) is 0 Å². The topological polar surface area (TPSA) is 71.4 Å². The third-order valence-corrected chi connectivity index (χ3v) is 5.43. The van der Waals surface area contributed by atoms with Crippen molar-refractivity contribution in [3.8, 4) is 5.69 Å². The Morgan fingerprint density at radius 2 is 1.82 bits per heavy atom. The fourth-order valence-corrected chi connectivity index (χ4v) is 4.01. The summed E-state index contributed by atoms with van der Waals surface area (Å²) in [6.07, 6.45) is 8.14. The van der Waals surface area contributed by atoms with Gasteiger partial charge in [0.1, 0.15) is 5.57 Å². The van der Waals surface area contributed by atoms with Gasteiger partial charge in [-0.15, -0.1) is 0 Å². The van der Waals surface area contributed by atoms with E-state index in [0.29, 0.717) is 5.69 Å². The van der Waals surface area contributed by atoms with E-state index >= 15 is 0 Å². The number of imide groups is 2. The summed E-state index contributed by atoms with van der Waals surface area (Å²) in [6.45, 7) is 2.01. The third-order valence-electron chi connectivity index (χ3n) is 5.43. The van der Waals surface area contributed by atoms with E-state index < -0.39 is 17.8 Å². The molecule has 1 aliphatic heterocycles. The highest BCUT2D eigenvalue weighted by Gasteiger charge is 2.40. The molecule has 0 unspecified atom stereocenters. The molecule has 1 aromatic heterocycles. The van der Waals surface area contributed by atoms with Crippen LogP contribution < -0.4 is 5.32 Å². The van der Waals surface area contributed by atoms with E-state index in [4.69, 9.17) is 0 Å². The molecule has 1 N–H and O–H groups in total. The minimum absolute atomic E-state index is 0.00206. The second-order valence-corrected chi connectivity index (χ2v) is 7.43. The summed E-state index contributed by atoms with van der Waals surface area (Å²) in [7, 11) is 0. The number of rotatable bonds is 3. The molecular formula is C22H23N3O3. The van der Waals surface area contributed by atoms with Gasteiger partial charge in [0.2, 0.25) is 0 Å². The number of barbiturate groups is 1. The van der Waals surface area contributed by atoms with Crippen molar-refractivity contribution >= 4 is 23.9 Å². The molecule has 2 fully saturated rings. The van der Waals surface area contributed by atoms with Crippen LogP contribution in [0.5, 0.6) is 0 Å². The SMILES string of the molecule is Cc1cccc(-n2cccc2/C=C2\C(=O)NC(=O)N(C3CCCCC3)C2=O)c1. The minimum Gasteiger partial charge on any atom is -0.317 e. The van der Waals surface area contributed by atoms with E-state index in [-0.39, 0.29) is 11.6 Å². The van der Waals surface area contributed by atoms with Crippen molar-refractivity contribution in [2.75, 3.05) is 0 Å². The van der Waals surface area contributed by atoms with E-state index in [1.807, 2.05) is 54.1 Å².